The van der Waals surface area contributed by atoms with Gasteiger partial charge in [-0.1, -0.05) is 0 Å². The Kier molecular flexibility index (Phi) is 4.45. The fraction of sp³-hybridized carbons (Fsp3) is 0. The quantitative estimate of drug-likeness (QED) is 0.281. The smallest absolute Gasteiger partial charge is 0.759 e. The van der Waals surface area contributed by atoms with Crippen LogP contribution in [0.5, 0.6) is 0 Å². The summed E-state index contributed by atoms with van der Waals surface area (Å²) >= 11 is 0. The molecule has 0 N–H and O–H groups in total. The molecule has 0 bridgehead atoms. The molecule has 0 saturated carbocycles. The molecule has 0 heterocycles. The molecule has 0 atom stereocenters. The Labute approximate surface area is 52.1 Å². The topological polar surface area (TPSA) is 80.3 Å². The van der Waals surface area contributed by atoms with Gasteiger partial charge in [-0.15, -0.1) is 0 Å². The minimum atomic E-state index is -5.17. The fourth-order valence-corrected chi connectivity index (χ4v) is 0. The van der Waals surface area contributed by atoms with Gasteiger partial charge in [-0.05, 0) is 0 Å². The van der Waals surface area contributed by atoms with Gasteiger partial charge in [0.25, 0.3) is 0 Å². The molecule has 0 fully saturated rings. The number of hydrogen-bond donors (Lipinski definition) is 0. The van der Waals surface area contributed by atoms with Crippen LogP contribution < -0.4 is 0 Å². The van der Waals surface area contributed by atoms with E-state index in [1.165, 1.54) is 0 Å². The van der Waals surface area contributed by atoms with Gasteiger partial charge in [-0.25, -0.2) is 0 Å². The zero-order valence-electron chi connectivity index (χ0n) is 3.34. The van der Waals surface area contributed by atoms with Crippen molar-refractivity contribution < 1.29 is 41.3 Å². The average molecular weight is 205 g/mol. The van der Waals surface area contributed by atoms with Gasteiger partial charge in [0.15, 0.2) is 0 Å². The van der Waals surface area contributed by atoms with E-state index in [-0.39, 0.29) is 23.8 Å². The summed E-state index contributed by atoms with van der Waals surface area (Å²) in [6.45, 7) is 0. The summed E-state index contributed by atoms with van der Waals surface area (Å²) in [6, 6.07) is 0. The molecule has 0 spiro atoms. The Bertz CT molecular complexity index is 94.9. The maximum atomic E-state index is 8.52. The van der Waals surface area contributed by atoms with E-state index < -0.39 is 10.4 Å². The maximum absolute atomic E-state index is 8.52. The van der Waals surface area contributed by atoms with Crippen LogP contribution in [0.25, 0.3) is 0 Å². The third-order valence-corrected chi connectivity index (χ3v) is 0. The van der Waals surface area contributed by atoms with Gasteiger partial charge in [0, 0.05) is 10.4 Å². The molecule has 0 amide bonds. The number of hydrogen-bond acceptors (Lipinski definition) is 4. The fourth-order valence-electron chi connectivity index (χ4n) is 0. The first-order valence-electron chi connectivity index (χ1n) is 0.667. The van der Waals surface area contributed by atoms with Gasteiger partial charge in [0.2, 0.25) is 0 Å². The summed E-state index contributed by atoms with van der Waals surface area (Å²) in [6.07, 6.45) is 0. The average Bonchev–Trinajstić information content (AvgIpc) is 0.722. The SMILES string of the molecule is O=S(=O)([O-])[O-].[Ag+].[H+]. The van der Waals surface area contributed by atoms with Crippen molar-refractivity contribution in [3.63, 3.8) is 0 Å². The summed E-state index contributed by atoms with van der Waals surface area (Å²) in [5.74, 6) is 0. The number of rotatable bonds is 0. The summed E-state index contributed by atoms with van der Waals surface area (Å²) < 4.78 is 34.1. The first kappa shape index (κ1) is 9.79. The van der Waals surface area contributed by atoms with Crippen molar-refractivity contribution in [1.29, 1.82) is 0 Å². The molecule has 42 valence electrons. The molecule has 0 aromatic heterocycles. The van der Waals surface area contributed by atoms with Crippen molar-refractivity contribution in [1.82, 2.24) is 0 Å². The van der Waals surface area contributed by atoms with Gasteiger partial charge < -0.3 is 9.11 Å². The Hall–Kier alpha value is 0.610. The van der Waals surface area contributed by atoms with Crippen LogP contribution in [0, 0.1) is 0 Å². The molecule has 0 aromatic carbocycles. The second-order valence-corrected chi connectivity index (χ2v) is 1.22. The van der Waals surface area contributed by atoms with Crippen LogP contribution in [-0.2, 0) is 32.8 Å². The van der Waals surface area contributed by atoms with Crippen molar-refractivity contribution in [2.75, 3.05) is 0 Å². The molecular formula is HAgO4S. The minimum absolute atomic E-state index is 0. The molecule has 0 aliphatic rings. The van der Waals surface area contributed by atoms with E-state index in [1.54, 1.807) is 0 Å². The van der Waals surface area contributed by atoms with Gasteiger partial charge in [-0.3, -0.25) is 8.42 Å². The van der Waals surface area contributed by atoms with Gasteiger partial charge in [-0.2, -0.15) is 0 Å². The van der Waals surface area contributed by atoms with Crippen LogP contribution in [0.3, 0.4) is 0 Å². The minimum Gasteiger partial charge on any atom is -0.759 e. The third kappa shape index (κ3) is 161. The Morgan fingerprint density at radius 2 is 1.33 bits per heavy atom. The zero-order valence-corrected chi connectivity index (χ0v) is 4.64. The van der Waals surface area contributed by atoms with E-state index in [0.717, 1.165) is 0 Å². The van der Waals surface area contributed by atoms with E-state index in [1.807, 2.05) is 0 Å². The van der Waals surface area contributed by atoms with E-state index in [9.17, 15) is 0 Å². The van der Waals surface area contributed by atoms with Gasteiger partial charge >= 0.3 is 23.8 Å². The Morgan fingerprint density at radius 3 is 1.33 bits per heavy atom. The van der Waals surface area contributed by atoms with Crippen molar-refractivity contribution in [2.45, 2.75) is 0 Å². The van der Waals surface area contributed by atoms with Crippen molar-refractivity contribution in [3.8, 4) is 0 Å². The molecule has 0 rings (SSSR count). The van der Waals surface area contributed by atoms with Crippen LogP contribution in [-0.4, -0.2) is 17.5 Å². The maximum Gasteiger partial charge on any atom is 1.00 e. The van der Waals surface area contributed by atoms with Crippen molar-refractivity contribution in [2.24, 2.45) is 0 Å². The van der Waals surface area contributed by atoms with Crippen molar-refractivity contribution >= 4 is 10.4 Å². The van der Waals surface area contributed by atoms with E-state index >= 15 is 0 Å². The van der Waals surface area contributed by atoms with E-state index in [2.05, 4.69) is 0 Å². The van der Waals surface area contributed by atoms with Crippen LogP contribution in [0.15, 0.2) is 0 Å². The Balaban J connectivity index is -0.0000000800. The van der Waals surface area contributed by atoms with Crippen LogP contribution >= 0.6 is 0 Å². The third-order valence-electron chi connectivity index (χ3n) is 0. The van der Waals surface area contributed by atoms with Crippen LogP contribution in [0.2, 0.25) is 0 Å². The van der Waals surface area contributed by atoms with E-state index in [4.69, 9.17) is 17.5 Å². The molecule has 0 aromatic rings. The summed E-state index contributed by atoms with van der Waals surface area (Å²) in [4.78, 5) is 0. The summed E-state index contributed by atoms with van der Waals surface area (Å²) in [7, 11) is -5.17. The normalized spacial score (nSPS) is 9.67. The van der Waals surface area contributed by atoms with E-state index in [0.29, 0.717) is 0 Å². The molecule has 0 radical (unpaired) electrons. The first-order chi connectivity index (χ1) is 2.00. The zero-order chi connectivity index (χ0) is 4.50. The largest absolute Gasteiger partial charge is 1.00 e. The molecule has 6 heteroatoms. The second-order valence-electron chi connectivity index (χ2n) is 0.408. The molecule has 0 aliphatic carbocycles. The molecule has 0 saturated heterocycles. The van der Waals surface area contributed by atoms with Crippen LogP contribution in [0.4, 0.5) is 0 Å². The van der Waals surface area contributed by atoms with Crippen molar-refractivity contribution in [3.05, 3.63) is 0 Å². The predicted octanol–water partition coefficient (Wildman–Crippen LogP) is -1.23. The molecule has 6 heavy (non-hydrogen) atoms. The standard InChI is InChI=1S/Ag.H2O4S/c;1-5(2,3)4/h;(H2,1,2,3,4)/q+1;/p-1. The molecule has 0 aliphatic heterocycles. The van der Waals surface area contributed by atoms with Crippen LogP contribution in [0.1, 0.15) is 1.43 Å². The van der Waals surface area contributed by atoms with Gasteiger partial charge in [0.05, 0.1) is 0 Å². The Morgan fingerprint density at radius 1 is 1.33 bits per heavy atom. The summed E-state index contributed by atoms with van der Waals surface area (Å²) in [5, 5.41) is 0. The second kappa shape index (κ2) is 2.73. The molecular weight excluding hydrogens is 204 g/mol. The summed E-state index contributed by atoms with van der Waals surface area (Å²) in [5.41, 5.74) is 0. The molecule has 0 unspecified atom stereocenters. The predicted molar refractivity (Wildman–Crippen MR) is 11.6 cm³/mol. The molecule has 4 nitrogen and oxygen atoms in total. The first-order valence-corrected chi connectivity index (χ1v) is 2.00. The van der Waals surface area contributed by atoms with Gasteiger partial charge in [0.1, 0.15) is 0 Å². The monoisotopic (exact) mass is 204 g/mol.